The van der Waals surface area contributed by atoms with Gasteiger partial charge in [0.25, 0.3) is 0 Å². The molecule has 0 spiro atoms. The average Bonchev–Trinajstić information content (AvgIpc) is 1.88. The van der Waals surface area contributed by atoms with Crippen molar-refractivity contribution in [3.8, 4) is 0 Å². The van der Waals surface area contributed by atoms with E-state index in [-0.39, 0.29) is 36.6 Å². The maximum atomic E-state index is 10.0. The fourth-order valence-corrected chi connectivity index (χ4v) is 1.77. The van der Waals surface area contributed by atoms with Crippen molar-refractivity contribution in [3.63, 3.8) is 0 Å². The topological polar surface area (TPSA) is 20.2 Å². The molecule has 0 aliphatic heterocycles. The maximum absolute atomic E-state index is 10.0. The van der Waals surface area contributed by atoms with Gasteiger partial charge in [-0.1, -0.05) is 40.0 Å². The molecule has 0 heterocycles. The Labute approximate surface area is 101 Å². The molecule has 0 radical (unpaired) electrons. The summed E-state index contributed by atoms with van der Waals surface area (Å²) >= 11 is 0. The van der Waals surface area contributed by atoms with E-state index < -0.39 is 0 Å². The van der Waals surface area contributed by atoms with Crippen LogP contribution in [0.2, 0.25) is 0 Å². The maximum Gasteiger partial charge on any atom is 1.00 e. The van der Waals surface area contributed by atoms with E-state index in [4.69, 9.17) is 0 Å². The Balaban J connectivity index is -0.000000500. The molecule has 0 unspecified atom stereocenters. The van der Waals surface area contributed by atoms with E-state index in [2.05, 4.69) is 20.8 Å². The van der Waals surface area contributed by atoms with Gasteiger partial charge in [-0.25, -0.2) is 0 Å². The molecule has 0 rings (SSSR count). The van der Waals surface area contributed by atoms with Crippen molar-refractivity contribution in [2.24, 2.45) is 0 Å². The van der Waals surface area contributed by atoms with Crippen LogP contribution in [-0.4, -0.2) is 10.7 Å². The fourth-order valence-electron chi connectivity index (χ4n) is 1.77. The molecule has 0 bridgehead atoms. The van der Waals surface area contributed by atoms with Crippen LogP contribution in [0.1, 0.15) is 60.7 Å². The molecule has 12 heavy (non-hydrogen) atoms. The van der Waals surface area contributed by atoms with E-state index >= 15 is 0 Å². The molecule has 0 amide bonds. The monoisotopic (exact) mass is 182 g/mol. The third-order valence-corrected chi connectivity index (χ3v) is 2.15. The second kappa shape index (κ2) is 8.55. The quantitative estimate of drug-likeness (QED) is 0.583. The summed E-state index contributed by atoms with van der Waals surface area (Å²) in [5, 5.41) is 10.0. The first-order chi connectivity index (χ1) is 5.18. The summed E-state index contributed by atoms with van der Waals surface area (Å²) in [5.74, 6) is 0. The van der Waals surface area contributed by atoms with Crippen molar-refractivity contribution < 1.29 is 36.1 Å². The number of hydrogen-bond donors (Lipinski definition) is 1. The second-order valence-electron chi connectivity index (χ2n) is 3.47. The molecule has 0 saturated carbocycles. The first kappa shape index (κ1) is 15.4. The van der Waals surface area contributed by atoms with Gasteiger partial charge in [0.05, 0.1) is 5.60 Å². The first-order valence-electron chi connectivity index (χ1n) is 4.91. The zero-order chi connectivity index (χ0) is 8.74. The number of aliphatic hydroxyl groups is 1. The summed E-state index contributed by atoms with van der Waals surface area (Å²) in [6.45, 7) is 6.41. The van der Waals surface area contributed by atoms with Gasteiger partial charge in [0, 0.05) is 0 Å². The van der Waals surface area contributed by atoms with Crippen molar-refractivity contribution in [2.45, 2.75) is 64.9 Å². The predicted molar refractivity (Wildman–Crippen MR) is 50.8 cm³/mol. The predicted octanol–water partition coefficient (Wildman–Crippen LogP) is 0.234. The first-order valence-corrected chi connectivity index (χ1v) is 4.91. The molecule has 2 heteroatoms. The van der Waals surface area contributed by atoms with Crippen LogP contribution in [0.15, 0.2) is 0 Å². The molecule has 0 aromatic carbocycles. The van der Waals surface area contributed by atoms with Crippen molar-refractivity contribution in [3.05, 3.63) is 0 Å². The van der Waals surface area contributed by atoms with Crippen molar-refractivity contribution in [1.82, 2.24) is 0 Å². The van der Waals surface area contributed by atoms with Crippen LogP contribution < -0.4 is 29.6 Å². The normalized spacial score (nSPS) is 11.0. The Hall–Kier alpha value is 0.960. The van der Waals surface area contributed by atoms with Crippen molar-refractivity contribution in [1.29, 1.82) is 0 Å². The van der Waals surface area contributed by atoms with Crippen LogP contribution in [0, 0.1) is 0 Å². The van der Waals surface area contributed by atoms with E-state index in [1.165, 1.54) is 0 Å². The smallest absolute Gasteiger partial charge is 1.00 e. The number of rotatable bonds is 6. The summed E-state index contributed by atoms with van der Waals surface area (Å²) in [5.41, 5.74) is -0.349. The van der Waals surface area contributed by atoms with Crippen LogP contribution in [0.5, 0.6) is 0 Å². The third-order valence-electron chi connectivity index (χ3n) is 2.15. The van der Waals surface area contributed by atoms with Gasteiger partial charge in [-0.2, -0.15) is 0 Å². The Morgan fingerprint density at radius 1 is 0.917 bits per heavy atom. The molecule has 0 fully saturated rings. The van der Waals surface area contributed by atoms with Crippen LogP contribution >= 0.6 is 0 Å². The second-order valence-corrected chi connectivity index (χ2v) is 3.47. The van der Waals surface area contributed by atoms with Crippen LogP contribution in [0.3, 0.4) is 0 Å². The molecule has 70 valence electrons. The van der Waals surface area contributed by atoms with Crippen LogP contribution in [-0.2, 0) is 0 Å². The van der Waals surface area contributed by atoms with Crippen molar-refractivity contribution >= 4 is 0 Å². The van der Waals surface area contributed by atoms with Gasteiger partial charge in [-0.05, 0) is 19.3 Å². The van der Waals surface area contributed by atoms with E-state index in [9.17, 15) is 5.11 Å². The van der Waals surface area contributed by atoms with Gasteiger partial charge >= 0.3 is 29.6 Å². The zero-order valence-electron chi connectivity index (χ0n) is 10.2. The minimum Gasteiger partial charge on any atom is -1.00 e. The fraction of sp³-hybridized carbons (Fsp3) is 1.00. The molecule has 0 aliphatic carbocycles. The molecular formula is C10H23NaO. The Morgan fingerprint density at radius 2 is 1.17 bits per heavy atom. The summed E-state index contributed by atoms with van der Waals surface area (Å²) < 4.78 is 0. The van der Waals surface area contributed by atoms with Gasteiger partial charge in [-0.15, -0.1) is 0 Å². The Bertz CT molecular complexity index is 81.9. The summed E-state index contributed by atoms with van der Waals surface area (Å²) in [6.07, 6.45) is 6.18. The van der Waals surface area contributed by atoms with Crippen LogP contribution in [0.4, 0.5) is 0 Å². The van der Waals surface area contributed by atoms with E-state index in [0.717, 1.165) is 38.5 Å². The standard InChI is InChI=1S/C10H22O.Na.H/c1-4-7-10(11,8-5-2)9-6-3;;/h11H,4-9H2,1-3H3;;/q;+1;-1. The molecule has 0 saturated heterocycles. The van der Waals surface area contributed by atoms with Gasteiger partial charge in [-0.3, -0.25) is 0 Å². The summed E-state index contributed by atoms with van der Waals surface area (Å²) in [4.78, 5) is 0. The Kier molecular flexibility index (Phi) is 11.0. The van der Waals surface area contributed by atoms with E-state index in [1.54, 1.807) is 0 Å². The minimum absolute atomic E-state index is 0. The third kappa shape index (κ3) is 6.47. The summed E-state index contributed by atoms with van der Waals surface area (Å²) in [6, 6.07) is 0. The minimum atomic E-state index is -0.349. The molecule has 0 aliphatic rings. The molecular weight excluding hydrogens is 159 g/mol. The van der Waals surface area contributed by atoms with Gasteiger partial charge in [0.2, 0.25) is 0 Å². The molecule has 0 aromatic rings. The van der Waals surface area contributed by atoms with Gasteiger partial charge in [0.15, 0.2) is 0 Å². The van der Waals surface area contributed by atoms with E-state index in [1.807, 2.05) is 0 Å². The molecule has 1 nitrogen and oxygen atoms in total. The Morgan fingerprint density at radius 3 is 1.33 bits per heavy atom. The largest absolute Gasteiger partial charge is 1.00 e. The van der Waals surface area contributed by atoms with E-state index in [0.29, 0.717) is 0 Å². The molecule has 0 aromatic heterocycles. The van der Waals surface area contributed by atoms with Crippen molar-refractivity contribution in [2.75, 3.05) is 0 Å². The molecule has 1 N–H and O–H groups in total. The number of hydrogen-bond acceptors (Lipinski definition) is 1. The zero-order valence-corrected chi connectivity index (χ0v) is 11.2. The molecule has 0 atom stereocenters. The average molecular weight is 182 g/mol. The SMILES string of the molecule is CCCC(O)(CCC)CCC.[H-].[Na+]. The van der Waals surface area contributed by atoms with Gasteiger partial charge in [0.1, 0.15) is 0 Å². The van der Waals surface area contributed by atoms with Crippen LogP contribution in [0.25, 0.3) is 0 Å². The summed E-state index contributed by atoms with van der Waals surface area (Å²) in [7, 11) is 0. The van der Waals surface area contributed by atoms with Gasteiger partial charge < -0.3 is 6.53 Å².